The molecule has 0 saturated heterocycles. The van der Waals surface area contributed by atoms with Gasteiger partial charge in [-0.05, 0) is 29.5 Å². The maximum absolute atomic E-state index is 12.4. The quantitative estimate of drug-likeness (QED) is 0.737. The van der Waals surface area contributed by atoms with Gasteiger partial charge in [0.15, 0.2) is 0 Å². The molecule has 0 saturated carbocycles. The molecule has 25 heavy (non-hydrogen) atoms. The van der Waals surface area contributed by atoms with Crippen molar-refractivity contribution in [2.75, 3.05) is 0 Å². The first-order valence-electron chi connectivity index (χ1n) is 8.21. The molecule has 3 rings (SSSR count). The average molecular weight is 356 g/mol. The van der Waals surface area contributed by atoms with Crippen LogP contribution in [0, 0.1) is 5.92 Å². The van der Waals surface area contributed by atoms with Gasteiger partial charge >= 0.3 is 0 Å². The van der Waals surface area contributed by atoms with Crippen LogP contribution in [-0.2, 0) is 11.3 Å². The second-order valence-corrected chi connectivity index (χ2v) is 7.17. The third kappa shape index (κ3) is 3.93. The zero-order valence-electron chi connectivity index (χ0n) is 14.2. The molecule has 7 heteroatoms. The van der Waals surface area contributed by atoms with Gasteiger partial charge in [-0.15, -0.1) is 16.4 Å². The summed E-state index contributed by atoms with van der Waals surface area (Å²) in [5.41, 5.74) is 0.336. The van der Waals surface area contributed by atoms with Crippen LogP contribution in [0.2, 0.25) is 0 Å². The van der Waals surface area contributed by atoms with Gasteiger partial charge in [-0.2, -0.15) is 0 Å². The molecular weight excluding hydrogens is 336 g/mol. The molecule has 6 nitrogen and oxygen atoms in total. The highest BCUT2D eigenvalue weighted by atomic mass is 32.1. The van der Waals surface area contributed by atoms with Crippen LogP contribution in [0.3, 0.4) is 0 Å². The number of hydrogen-bond donors (Lipinski definition) is 1. The summed E-state index contributed by atoms with van der Waals surface area (Å²) in [4.78, 5) is 25.9. The lowest BCUT2D eigenvalue weighted by Gasteiger charge is -2.21. The Balaban J connectivity index is 1.68. The van der Waals surface area contributed by atoms with Crippen molar-refractivity contribution in [3.63, 3.8) is 0 Å². The van der Waals surface area contributed by atoms with E-state index in [2.05, 4.69) is 29.5 Å². The number of nitrogens with one attached hydrogen (secondary N) is 1. The van der Waals surface area contributed by atoms with E-state index in [0.29, 0.717) is 10.9 Å². The van der Waals surface area contributed by atoms with E-state index in [0.717, 1.165) is 4.88 Å². The van der Waals surface area contributed by atoms with E-state index in [4.69, 9.17) is 0 Å². The zero-order valence-corrected chi connectivity index (χ0v) is 15.0. The summed E-state index contributed by atoms with van der Waals surface area (Å²) in [6.07, 6.45) is 0.182. The Morgan fingerprint density at radius 3 is 2.76 bits per heavy atom. The highest BCUT2D eigenvalue weighted by molar-refractivity contribution is 7.10. The fraction of sp³-hybridized carbons (Fsp3) is 0.333. The summed E-state index contributed by atoms with van der Waals surface area (Å²) in [7, 11) is 0. The summed E-state index contributed by atoms with van der Waals surface area (Å²) in [5, 5.41) is 13.5. The maximum atomic E-state index is 12.4. The Labute approximate surface area is 149 Å². The largest absolute Gasteiger partial charge is 0.348 e. The number of thiophene rings is 1. The fourth-order valence-corrected chi connectivity index (χ4v) is 3.61. The lowest BCUT2D eigenvalue weighted by molar-refractivity contribution is -0.122. The standard InChI is InChI=1S/C18H20N4O2S/c1-12(2)17(15-8-5-11-25-15)19-16(23)9-10-22-18(24)13-6-3-4-7-14(13)20-21-22/h3-8,11-12,17H,9-10H2,1-2H3,(H,19,23). The molecule has 0 fully saturated rings. The van der Waals surface area contributed by atoms with Crippen LogP contribution in [0.15, 0.2) is 46.6 Å². The first-order chi connectivity index (χ1) is 12.1. The predicted molar refractivity (Wildman–Crippen MR) is 98.5 cm³/mol. The minimum atomic E-state index is -0.225. The van der Waals surface area contributed by atoms with Crippen molar-refractivity contribution in [3.8, 4) is 0 Å². The molecule has 1 amide bonds. The summed E-state index contributed by atoms with van der Waals surface area (Å²) in [6, 6.07) is 11.0. The van der Waals surface area contributed by atoms with Crippen molar-refractivity contribution in [2.45, 2.75) is 32.9 Å². The van der Waals surface area contributed by atoms with Gasteiger partial charge in [-0.1, -0.05) is 37.3 Å². The van der Waals surface area contributed by atoms with Gasteiger partial charge in [0.1, 0.15) is 5.52 Å². The van der Waals surface area contributed by atoms with E-state index in [1.54, 1.807) is 29.5 Å². The molecule has 1 N–H and O–H groups in total. The number of fused-ring (bicyclic) bond motifs is 1. The number of carbonyl (C=O) groups is 1. The Morgan fingerprint density at radius 1 is 1.24 bits per heavy atom. The fourth-order valence-electron chi connectivity index (χ4n) is 2.66. The molecule has 0 aliphatic carbocycles. The Kier molecular flexibility index (Phi) is 5.23. The van der Waals surface area contributed by atoms with Gasteiger partial charge < -0.3 is 5.32 Å². The van der Waals surface area contributed by atoms with Gasteiger partial charge in [0.05, 0.1) is 18.0 Å². The van der Waals surface area contributed by atoms with Crippen LogP contribution < -0.4 is 10.9 Å². The molecule has 3 aromatic rings. The maximum Gasteiger partial charge on any atom is 0.277 e. The predicted octanol–water partition coefficient (Wildman–Crippen LogP) is 2.76. The average Bonchev–Trinajstić information content (AvgIpc) is 3.13. The van der Waals surface area contributed by atoms with Gasteiger partial charge in [-0.3, -0.25) is 9.59 Å². The number of carbonyl (C=O) groups excluding carboxylic acids is 1. The van der Waals surface area contributed by atoms with E-state index in [-0.39, 0.29) is 36.4 Å². The number of amides is 1. The van der Waals surface area contributed by atoms with Gasteiger partial charge in [-0.25, -0.2) is 4.68 Å². The molecule has 1 unspecified atom stereocenters. The van der Waals surface area contributed by atoms with Gasteiger partial charge in [0, 0.05) is 11.3 Å². The minimum Gasteiger partial charge on any atom is -0.348 e. The number of aryl methyl sites for hydroxylation is 1. The second-order valence-electron chi connectivity index (χ2n) is 6.19. The summed E-state index contributed by atoms with van der Waals surface area (Å²) < 4.78 is 1.25. The Morgan fingerprint density at radius 2 is 2.04 bits per heavy atom. The molecule has 0 spiro atoms. The van der Waals surface area contributed by atoms with Crippen LogP contribution in [0.4, 0.5) is 0 Å². The van der Waals surface area contributed by atoms with E-state index in [9.17, 15) is 9.59 Å². The van der Waals surface area contributed by atoms with Crippen molar-refractivity contribution in [2.24, 2.45) is 5.92 Å². The van der Waals surface area contributed by atoms with Crippen LogP contribution in [0.5, 0.6) is 0 Å². The molecule has 0 radical (unpaired) electrons. The molecule has 1 aromatic carbocycles. The van der Waals surface area contributed by atoms with Crippen molar-refractivity contribution < 1.29 is 4.79 Å². The molecule has 2 aromatic heterocycles. The normalized spacial score (nSPS) is 12.4. The second kappa shape index (κ2) is 7.57. The SMILES string of the molecule is CC(C)C(NC(=O)CCn1nnc2ccccc2c1=O)c1cccs1. The van der Waals surface area contributed by atoms with Crippen molar-refractivity contribution in [1.82, 2.24) is 20.3 Å². The highest BCUT2D eigenvalue weighted by Gasteiger charge is 2.19. The topological polar surface area (TPSA) is 76.9 Å². The lowest BCUT2D eigenvalue weighted by Crippen LogP contribution is -2.33. The number of aromatic nitrogens is 3. The van der Waals surface area contributed by atoms with E-state index in [1.807, 2.05) is 23.6 Å². The summed E-state index contributed by atoms with van der Waals surface area (Å²) >= 11 is 1.63. The van der Waals surface area contributed by atoms with Crippen LogP contribution in [0.1, 0.15) is 31.2 Å². The first-order valence-corrected chi connectivity index (χ1v) is 9.09. The van der Waals surface area contributed by atoms with Gasteiger partial charge in [0.2, 0.25) is 5.91 Å². The van der Waals surface area contributed by atoms with Crippen molar-refractivity contribution >= 4 is 28.1 Å². The third-order valence-corrected chi connectivity index (χ3v) is 4.97. The number of nitrogens with zero attached hydrogens (tertiary/aromatic N) is 3. The number of benzene rings is 1. The van der Waals surface area contributed by atoms with Crippen molar-refractivity contribution in [3.05, 3.63) is 57.0 Å². The molecule has 130 valence electrons. The lowest BCUT2D eigenvalue weighted by atomic mass is 10.0. The zero-order chi connectivity index (χ0) is 17.8. The van der Waals surface area contributed by atoms with E-state index < -0.39 is 0 Å². The van der Waals surface area contributed by atoms with Crippen molar-refractivity contribution in [1.29, 1.82) is 0 Å². The molecule has 1 atom stereocenters. The number of hydrogen-bond acceptors (Lipinski definition) is 5. The molecule has 0 bridgehead atoms. The first kappa shape index (κ1) is 17.3. The Hall–Kier alpha value is -2.54. The molecule has 2 heterocycles. The molecular formula is C18H20N4O2S. The molecule has 0 aliphatic rings. The van der Waals surface area contributed by atoms with Crippen LogP contribution in [-0.4, -0.2) is 20.9 Å². The Bertz CT molecular complexity index is 918. The summed E-state index contributed by atoms with van der Waals surface area (Å²) in [6.45, 7) is 4.35. The molecule has 0 aliphatic heterocycles. The summed E-state index contributed by atoms with van der Waals surface area (Å²) in [5.74, 6) is 0.180. The monoisotopic (exact) mass is 356 g/mol. The van der Waals surface area contributed by atoms with E-state index >= 15 is 0 Å². The number of rotatable bonds is 6. The van der Waals surface area contributed by atoms with E-state index in [1.165, 1.54) is 4.68 Å². The third-order valence-electron chi connectivity index (χ3n) is 4.01. The van der Waals surface area contributed by atoms with Crippen LogP contribution >= 0.6 is 11.3 Å². The van der Waals surface area contributed by atoms with Crippen LogP contribution in [0.25, 0.3) is 10.9 Å². The minimum absolute atomic E-state index is 0.0214. The van der Waals surface area contributed by atoms with Gasteiger partial charge in [0.25, 0.3) is 5.56 Å². The smallest absolute Gasteiger partial charge is 0.277 e. The highest BCUT2D eigenvalue weighted by Crippen LogP contribution is 2.25.